The molecule has 6 heteroatoms. The van der Waals surface area contributed by atoms with Gasteiger partial charge >= 0.3 is 11.9 Å². The van der Waals surface area contributed by atoms with E-state index in [1.807, 2.05) is 0 Å². The van der Waals surface area contributed by atoms with Crippen LogP contribution in [0.25, 0.3) is 0 Å². The first-order valence-corrected chi connectivity index (χ1v) is 7.66. The summed E-state index contributed by atoms with van der Waals surface area (Å²) in [6, 6.07) is 0. The zero-order valence-electron chi connectivity index (χ0n) is 11.9. The fourth-order valence-corrected chi connectivity index (χ4v) is 2.74. The standard InChI is InChI=1S/C14H21NO4S/c1-3-18-12(16)8-6-5-7-11-13(15)10(9-20-11)14(17)19-4-2/h9H,3-8,15H2,1-2H3. The molecule has 0 aliphatic carbocycles. The topological polar surface area (TPSA) is 78.6 Å². The van der Waals surface area contributed by atoms with Gasteiger partial charge in [0.15, 0.2) is 0 Å². The molecule has 0 atom stereocenters. The molecule has 20 heavy (non-hydrogen) atoms. The van der Waals surface area contributed by atoms with Gasteiger partial charge in [-0.1, -0.05) is 0 Å². The van der Waals surface area contributed by atoms with E-state index < -0.39 is 0 Å². The summed E-state index contributed by atoms with van der Waals surface area (Å²) in [6.45, 7) is 4.31. The number of carbonyl (C=O) groups is 2. The summed E-state index contributed by atoms with van der Waals surface area (Å²) in [5.41, 5.74) is 6.89. The van der Waals surface area contributed by atoms with Crippen molar-refractivity contribution in [2.75, 3.05) is 18.9 Å². The Kier molecular flexibility index (Phi) is 7.08. The largest absolute Gasteiger partial charge is 0.466 e. The quantitative estimate of drug-likeness (QED) is 0.590. The maximum Gasteiger partial charge on any atom is 0.341 e. The third-order valence-corrected chi connectivity index (χ3v) is 3.81. The summed E-state index contributed by atoms with van der Waals surface area (Å²) >= 11 is 1.46. The molecule has 5 nitrogen and oxygen atoms in total. The van der Waals surface area contributed by atoms with Crippen molar-refractivity contribution in [1.82, 2.24) is 0 Å². The fraction of sp³-hybridized carbons (Fsp3) is 0.571. The third-order valence-electron chi connectivity index (χ3n) is 2.75. The number of rotatable bonds is 8. The Morgan fingerprint density at radius 2 is 1.90 bits per heavy atom. The van der Waals surface area contributed by atoms with E-state index in [1.165, 1.54) is 11.3 Å². The van der Waals surface area contributed by atoms with Gasteiger partial charge in [0.05, 0.1) is 24.5 Å². The first kappa shape index (κ1) is 16.5. The van der Waals surface area contributed by atoms with Gasteiger partial charge in [-0.05, 0) is 33.1 Å². The van der Waals surface area contributed by atoms with Crippen LogP contribution in [0.4, 0.5) is 5.69 Å². The van der Waals surface area contributed by atoms with Gasteiger partial charge < -0.3 is 15.2 Å². The molecule has 0 radical (unpaired) electrons. The summed E-state index contributed by atoms with van der Waals surface area (Å²) in [6.07, 6.45) is 2.77. The molecule has 0 spiro atoms. The van der Waals surface area contributed by atoms with Gasteiger partial charge in [-0.3, -0.25) is 4.79 Å². The van der Waals surface area contributed by atoms with Crippen LogP contribution in [-0.2, 0) is 20.7 Å². The summed E-state index contributed by atoms with van der Waals surface area (Å²) in [5.74, 6) is -0.544. The second kappa shape index (κ2) is 8.58. The molecule has 0 aliphatic heterocycles. The molecule has 0 saturated heterocycles. The van der Waals surface area contributed by atoms with Crippen molar-refractivity contribution in [3.05, 3.63) is 15.8 Å². The minimum Gasteiger partial charge on any atom is -0.466 e. The van der Waals surface area contributed by atoms with Crippen molar-refractivity contribution >= 4 is 29.0 Å². The number of nitrogens with two attached hydrogens (primary N) is 1. The zero-order chi connectivity index (χ0) is 15.0. The number of thiophene rings is 1. The van der Waals surface area contributed by atoms with Gasteiger partial charge in [0, 0.05) is 16.7 Å². The van der Waals surface area contributed by atoms with Gasteiger partial charge in [0.2, 0.25) is 0 Å². The molecular formula is C14H21NO4S. The average molecular weight is 299 g/mol. The van der Waals surface area contributed by atoms with Gasteiger partial charge in [-0.15, -0.1) is 11.3 Å². The highest BCUT2D eigenvalue weighted by molar-refractivity contribution is 7.10. The van der Waals surface area contributed by atoms with Crippen molar-refractivity contribution < 1.29 is 19.1 Å². The van der Waals surface area contributed by atoms with Crippen molar-refractivity contribution in [2.45, 2.75) is 39.5 Å². The van der Waals surface area contributed by atoms with E-state index >= 15 is 0 Å². The van der Waals surface area contributed by atoms with Gasteiger partial charge in [-0.2, -0.15) is 0 Å². The minimum atomic E-state index is -0.376. The molecule has 0 fully saturated rings. The number of hydrogen-bond donors (Lipinski definition) is 1. The van der Waals surface area contributed by atoms with Crippen LogP contribution < -0.4 is 5.73 Å². The fourth-order valence-electron chi connectivity index (χ4n) is 1.76. The predicted octanol–water partition coefficient (Wildman–Crippen LogP) is 2.78. The van der Waals surface area contributed by atoms with Crippen molar-refractivity contribution in [2.24, 2.45) is 0 Å². The van der Waals surface area contributed by atoms with Crippen LogP contribution >= 0.6 is 11.3 Å². The van der Waals surface area contributed by atoms with Gasteiger partial charge in [0.1, 0.15) is 0 Å². The van der Waals surface area contributed by atoms with Crippen LogP contribution in [0.5, 0.6) is 0 Å². The summed E-state index contributed by atoms with van der Waals surface area (Å²) in [4.78, 5) is 23.8. The van der Waals surface area contributed by atoms with E-state index in [-0.39, 0.29) is 11.9 Å². The predicted molar refractivity (Wildman–Crippen MR) is 78.9 cm³/mol. The number of nitrogen functional groups attached to an aromatic ring is 1. The number of ether oxygens (including phenoxy) is 2. The highest BCUT2D eigenvalue weighted by Crippen LogP contribution is 2.27. The lowest BCUT2D eigenvalue weighted by Crippen LogP contribution is -2.06. The summed E-state index contributed by atoms with van der Waals surface area (Å²) < 4.78 is 9.79. The Morgan fingerprint density at radius 3 is 2.55 bits per heavy atom. The van der Waals surface area contributed by atoms with E-state index in [9.17, 15) is 9.59 Å². The van der Waals surface area contributed by atoms with E-state index in [2.05, 4.69) is 0 Å². The zero-order valence-corrected chi connectivity index (χ0v) is 12.8. The molecule has 0 saturated carbocycles. The monoisotopic (exact) mass is 299 g/mol. The third kappa shape index (κ3) is 4.85. The molecule has 1 aromatic rings. The highest BCUT2D eigenvalue weighted by Gasteiger charge is 2.16. The Hall–Kier alpha value is -1.56. The number of aryl methyl sites for hydroxylation is 1. The number of carbonyl (C=O) groups excluding carboxylic acids is 2. The lowest BCUT2D eigenvalue weighted by atomic mass is 10.1. The van der Waals surface area contributed by atoms with Crippen LogP contribution in [-0.4, -0.2) is 25.2 Å². The SMILES string of the molecule is CCOC(=O)CCCCc1scc(C(=O)OCC)c1N. The van der Waals surface area contributed by atoms with E-state index in [1.54, 1.807) is 19.2 Å². The highest BCUT2D eigenvalue weighted by atomic mass is 32.1. The number of esters is 2. The molecular weight excluding hydrogens is 278 g/mol. The maximum atomic E-state index is 11.6. The van der Waals surface area contributed by atoms with Gasteiger partial charge in [-0.25, -0.2) is 4.79 Å². The Labute approximate surface area is 123 Å². The Bertz CT molecular complexity index is 456. The lowest BCUT2D eigenvalue weighted by molar-refractivity contribution is -0.143. The van der Waals surface area contributed by atoms with Crippen LogP contribution in [0.15, 0.2) is 5.38 Å². The summed E-state index contributed by atoms with van der Waals surface area (Å²) in [5, 5.41) is 1.73. The van der Waals surface area contributed by atoms with Crippen molar-refractivity contribution in [1.29, 1.82) is 0 Å². The molecule has 0 aromatic carbocycles. The number of unbranched alkanes of at least 4 members (excludes halogenated alkanes) is 1. The van der Waals surface area contributed by atoms with E-state index in [4.69, 9.17) is 15.2 Å². The maximum absolute atomic E-state index is 11.6. The smallest absolute Gasteiger partial charge is 0.341 e. The molecule has 1 heterocycles. The van der Waals surface area contributed by atoms with Crippen LogP contribution in [0.2, 0.25) is 0 Å². The molecule has 0 bridgehead atoms. The van der Waals surface area contributed by atoms with Crippen molar-refractivity contribution in [3.63, 3.8) is 0 Å². The van der Waals surface area contributed by atoms with Crippen LogP contribution in [0.3, 0.4) is 0 Å². The van der Waals surface area contributed by atoms with E-state index in [0.29, 0.717) is 30.9 Å². The second-order valence-corrected chi connectivity index (χ2v) is 5.18. The molecule has 0 amide bonds. The van der Waals surface area contributed by atoms with Crippen LogP contribution in [0, 0.1) is 0 Å². The first-order valence-electron chi connectivity index (χ1n) is 6.78. The molecule has 0 unspecified atom stereocenters. The number of hydrogen-bond acceptors (Lipinski definition) is 6. The summed E-state index contributed by atoms with van der Waals surface area (Å²) in [7, 11) is 0. The average Bonchev–Trinajstić information content (AvgIpc) is 2.77. The second-order valence-electron chi connectivity index (χ2n) is 4.22. The molecule has 0 aliphatic rings. The minimum absolute atomic E-state index is 0.168. The van der Waals surface area contributed by atoms with Gasteiger partial charge in [0.25, 0.3) is 0 Å². The lowest BCUT2D eigenvalue weighted by Gasteiger charge is -2.03. The Morgan fingerprint density at radius 1 is 1.20 bits per heavy atom. The molecule has 112 valence electrons. The van der Waals surface area contributed by atoms with Crippen molar-refractivity contribution in [3.8, 4) is 0 Å². The molecule has 1 aromatic heterocycles. The molecule has 2 N–H and O–H groups in total. The van der Waals surface area contributed by atoms with E-state index in [0.717, 1.165) is 24.1 Å². The number of anilines is 1. The Balaban J connectivity index is 2.42. The normalized spacial score (nSPS) is 10.3. The molecule has 1 rings (SSSR count). The first-order chi connectivity index (χ1) is 9.60. The van der Waals surface area contributed by atoms with Crippen LogP contribution in [0.1, 0.15) is 48.3 Å².